The minimum Gasteiger partial charge on any atom is -0.393 e. The number of nitrogens with two attached hydrogens (primary N) is 1. The van der Waals surface area contributed by atoms with Crippen molar-refractivity contribution in [3.05, 3.63) is 0 Å². The quantitative estimate of drug-likeness (QED) is 0.479. The van der Waals surface area contributed by atoms with Crippen LogP contribution in [0.4, 0.5) is 0 Å². The van der Waals surface area contributed by atoms with Crippen molar-refractivity contribution in [3.8, 4) is 0 Å². The zero-order chi connectivity index (χ0) is 16.3. The number of nitrogens with one attached hydrogen (secondary N) is 1. The highest BCUT2D eigenvalue weighted by Gasteiger charge is 2.26. The number of amides is 1. The fourth-order valence-electron chi connectivity index (χ4n) is 2.47. The van der Waals surface area contributed by atoms with Gasteiger partial charge in [0.2, 0.25) is 5.91 Å². The second-order valence-electron chi connectivity index (χ2n) is 5.79. The molecular formula is C16H32N2O3. The molecule has 0 aromatic carbocycles. The van der Waals surface area contributed by atoms with E-state index in [1.807, 2.05) is 0 Å². The Balaban J connectivity index is 4.56. The highest BCUT2D eigenvalue weighted by Crippen LogP contribution is 2.18. The van der Waals surface area contributed by atoms with Crippen LogP contribution >= 0.6 is 0 Å². The monoisotopic (exact) mass is 300 g/mol. The van der Waals surface area contributed by atoms with E-state index < -0.39 is 12.1 Å². The number of ketones is 1. The van der Waals surface area contributed by atoms with Gasteiger partial charge in [-0.05, 0) is 19.8 Å². The van der Waals surface area contributed by atoms with Crippen molar-refractivity contribution in [2.24, 2.45) is 11.7 Å². The van der Waals surface area contributed by atoms with Gasteiger partial charge in [-0.15, -0.1) is 0 Å². The molecule has 4 N–H and O–H groups in total. The Morgan fingerprint density at radius 3 is 2.29 bits per heavy atom. The van der Waals surface area contributed by atoms with Crippen LogP contribution in [-0.4, -0.2) is 35.5 Å². The molecule has 0 heterocycles. The second-order valence-corrected chi connectivity index (χ2v) is 5.79. The van der Waals surface area contributed by atoms with Gasteiger partial charge in [0.1, 0.15) is 0 Å². The van der Waals surface area contributed by atoms with E-state index in [2.05, 4.69) is 19.2 Å². The maximum Gasteiger partial charge on any atom is 0.223 e. The molecule has 0 spiro atoms. The van der Waals surface area contributed by atoms with E-state index in [9.17, 15) is 14.7 Å². The number of Topliss-reactive ketones (excluding diaryl/α,β-unsaturated/α-hetero) is 1. The van der Waals surface area contributed by atoms with E-state index in [1.54, 1.807) is 6.92 Å². The summed E-state index contributed by atoms with van der Waals surface area (Å²) in [6.45, 7) is 5.85. The molecule has 1 unspecified atom stereocenters. The Kier molecular flexibility index (Phi) is 11.2. The number of carbonyl (C=O) groups is 2. The summed E-state index contributed by atoms with van der Waals surface area (Å²) in [5.74, 6) is -0.311. The molecule has 5 heteroatoms. The van der Waals surface area contributed by atoms with Crippen LogP contribution in [0.15, 0.2) is 0 Å². The van der Waals surface area contributed by atoms with Crippen LogP contribution in [0.3, 0.4) is 0 Å². The maximum atomic E-state index is 12.5. The van der Waals surface area contributed by atoms with Crippen molar-refractivity contribution in [3.63, 3.8) is 0 Å². The minimum atomic E-state index is -0.713. The van der Waals surface area contributed by atoms with Crippen LogP contribution < -0.4 is 11.1 Å². The van der Waals surface area contributed by atoms with Crippen molar-refractivity contribution in [1.29, 1.82) is 0 Å². The van der Waals surface area contributed by atoms with Crippen LogP contribution in [0, 0.1) is 5.92 Å². The highest BCUT2D eigenvalue weighted by atomic mass is 16.3. The largest absolute Gasteiger partial charge is 0.393 e. The average molecular weight is 300 g/mol. The van der Waals surface area contributed by atoms with Gasteiger partial charge in [-0.3, -0.25) is 9.59 Å². The van der Waals surface area contributed by atoms with E-state index in [0.29, 0.717) is 0 Å². The molecule has 0 bridgehead atoms. The van der Waals surface area contributed by atoms with E-state index in [-0.39, 0.29) is 30.6 Å². The van der Waals surface area contributed by atoms with Gasteiger partial charge in [-0.2, -0.15) is 0 Å². The van der Waals surface area contributed by atoms with E-state index in [0.717, 1.165) is 38.5 Å². The molecule has 0 aliphatic carbocycles. The molecule has 0 saturated carbocycles. The van der Waals surface area contributed by atoms with Crippen molar-refractivity contribution in [2.45, 2.75) is 77.9 Å². The lowest BCUT2D eigenvalue weighted by Crippen LogP contribution is -2.48. The number of rotatable bonds is 12. The number of aliphatic hydroxyl groups excluding tert-OH is 1. The predicted octanol–water partition coefficient (Wildman–Crippen LogP) is 1.77. The van der Waals surface area contributed by atoms with Crippen molar-refractivity contribution in [1.82, 2.24) is 5.32 Å². The molecular weight excluding hydrogens is 268 g/mol. The summed E-state index contributed by atoms with van der Waals surface area (Å²) < 4.78 is 0. The van der Waals surface area contributed by atoms with Gasteiger partial charge in [0, 0.05) is 12.5 Å². The molecule has 0 rings (SSSR count). The SMILES string of the molecule is CCCCCC(CCC)C(=O)[C@H](CN)NC(=O)C[C@H](C)O. The van der Waals surface area contributed by atoms with Crippen LogP contribution in [-0.2, 0) is 9.59 Å². The summed E-state index contributed by atoms with van der Waals surface area (Å²) in [6, 6.07) is -0.630. The normalized spacial score (nSPS) is 15.3. The first kappa shape index (κ1) is 20.1. The number of aliphatic hydroxyl groups is 1. The van der Waals surface area contributed by atoms with Crippen LogP contribution in [0.2, 0.25) is 0 Å². The van der Waals surface area contributed by atoms with Crippen LogP contribution in [0.1, 0.15) is 65.7 Å². The summed E-state index contributed by atoms with van der Waals surface area (Å²) >= 11 is 0. The number of hydrogen-bond acceptors (Lipinski definition) is 4. The third-order valence-corrected chi connectivity index (χ3v) is 3.59. The smallest absolute Gasteiger partial charge is 0.223 e. The van der Waals surface area contributed by atoms with Gasteiger partial charge < -0.3 is 16.2 Å². The lowest BCUT2D eigenvalue weighted by Gasteiger charge is -2.22. The standard InChI is InChI=1S/C16H32N2O3/c1-4-6-7-9-13(8-5-2)16(21)14(11-17)18-15(20)10-12(3)19/h12-14,19H,4-11,17H2,1-3H3,(H,18,20)/t12-,13?,14-/m0/s1. The Labute approximate surface area is 128 Å². The lowest BCUT2D eigenvalue weighted by molar-refractivity contribution is -0.131. The molecule has 1 amide bonds. The zero-order valence-corrected chi connectivity index (χ0v) is 13.7. The summed E-state index contributed by atoms with van der Waals surface area (Å²) in [6.07, 6.45) is 5.21. The molecule has 0 aromatic rings. The summed E-state index contributed by atoms with van der Waals surface area (Å²) in [7, 11) is 0. The van der Waals surface area contributed by atoms with Gasteiger partial charge in [0.15, 0.2) is 5.78 Å². The third kappa shape index (κ3) is 8.83. The molecule has 0 fully saturated rings. The van der Waals surface area contributed by atoms with Crippen LogP contribution in [0.25, 0.3) is 0 Å². The Morgan fingerprint density at radius 2 is 1.81 bits per heavy atom. The second kappa shape index (κ2) is 11.7. The van der Waals surface area contributed by atoms with Crippen LogP contribution in [0.5, 0.6) is 0 Å². The van der Waals surface area contributed by atoms with Gasteiger partial charge in [-0.1, -0.05) is 39.5 Å². The van der Waals surface area contributed by atoms with Crippen molar-refractivity contribution in [2.75, 3.05) is 6.54 Å². The van der Waals surface area contributed by atoms with Gasteiger partial charge >= 0.3 is 0 Å². The minimum absolute atomic E-state index is 0.00193. The van der Waals surface area contributed by atoms with Gasteiger partial charge in [0.25, 0.3) is 0 Å². The zero-order valence-electron chi connectivity index (χ0n) is 13.7. The molecule has 124 valence electrons. The van der Waals surface area contributed by atoms with E-state index in [4.69, 9.17) is 5.73 Å². The first-order chi connectivity index (χ1) is 9.96. The average Bonchev–Trinajstić information content (AvgIpc) is 2.42. The summed E-state index contributed by atoms with van der Waals surface area (Å²) in [5, 5.41) is 11.9. The van der Waals surface area contributed by atoms with Crippen molar-refractivity contribution >= 4 is 11.7 Å². The molecule has 0 aliphatic rings. The molecule has 21 heavy (non-hydrogen) atoms. The topological polar surface area (TPSA) is 92.4 Å². The molecule has 0 aliphatic heterocycles. The number of hydrogen-bond donors (Lipinski definition) is 3. The van der Waals surface area contributed by atoms with Gasteiger partial charge in [0.05, 0.1) is 18.6 Å². The Bertz CT molecular complexity index is 306. The molecule has 5 nitrogen and oxygen atoms in total. The third-order valence-electron chi connectivity index (χ3n) is 3.59. The van der Waals surface area contributed by atoms with E-state index >= 15 is 0 Å². The van der Waals surface area contributed by atoms with Gasteiger partial charge in [-0.25, -0.2) is 0 Å². The van der Waals surface area contributed by atoms with Crippen molar-refractivity contribution < 1.29 is 14.7 Å². The molecule has 0 saturated heterocycles. The fourth-order valence-corrected chi connectivity index (χ4v) is 2.47. The lowest BCUT2D eigenvalue weighted by atomic mass is 9.88. The fraction of sp³-hybridized carbons (Fsp3) is 0.875. The number of carbonyl (C=O) groups excluding carboxylic acids is 2. The first-order valence-corrected chi connectivity index (χ1v) is 8.17. The first-order valence-electron chi connectivity index (χ1n) is 8.17. The Morgan fingerprint density at radius 1 is 1.14 bits per heavy atom. The molecule has 0 aromatic heterocycles. The predicted molar refractivity (Wildman–Crippen MR) is 84.8 cm³/mol. The highest BCUT2D eigenvalue weighted by molar-refractivity contribution is 5.90. The molecule has 3 atom stereocenters. The summed E-state index contributed by atoms with van der Waals surface area (Å²) in [5.41, 5.74) is 5.64. The Hall–Kier alpha value is -0.940. The molecule has 0 radical (unpaired) electrons. The van der Waals surface area contributed by atoms with E-state index in [1.165, 1.54) is 0 Å². The summed E-state index contributed by atoms with van der Waals surface area (Å²) in [4.78, 5) is 24.2. The maximum absolute atomic E-state index is 12.5. The number of unbranched alkanes of at least 4 members (excludes halogenated alkanes) is 2.